The van der Waals surface area contributed by atoms with E-state index in [4.69, 9.17) is 15.2 Å². The van der Waals surface area contributed by atoms with Crippen molar-refractivity contribution in [1.82, 2.24) is 20.1 Å². The standard InChI is InChI=1S/C26H29F2N5O5/c1-25(2,36)13-37-15-5-6-17-19(8-15)33(24(27)28)32-20(17)22(35)31-14-9-26(10-14)11-16(12-26)38-23-18(21(29)34)4-3-7-30-23/h3-8,14,16,24,36H,9-13H2,1-2H3,(H2,29,34)(H,31,35). The Labute approximate surface area is 217 Å². The molecule has 12 heteroatoms. The van der Waals surface area contributed by atoms with E-state index in [0.717, 1.165) is 25.7 Å². The van der Waals surface area contributed by atoms with E-state index in [0.29, 0.717) is 4.68 Å². The lowest BCUT2D eigenvalue weighted by atomic mass is 9.53. The zero-order valence-corrected chi connectivity index (χ0v) is 21.0. The van der Waals surface area contributed by atoms with Crippen LogP contribution >= 0.6 is 0 Å². The highest BCUT2D eigenvalue weighted by Gasteiger charge is 2.54. The molecule has 2 amide bonds. The molecule has 2 saturated carbocycles. The van der Waals surface area contributed by atoms with E-state index in [9.17, 15) is 23.5 Å². The molecule has 5 rings (SSSR count). The molecule has 2 heterocycles. The monoisotopic (exact) mass is 529 g/mol. The molecule has 0 aliphatic heterocycles. The van der Waals surface area contributed by atoms with Crippen LogP contribution in [0.5, 0.6) is 11.6 Å². The molecular formula is C26H29F2N5O5. The van der Waals surface area contributed by atoms with Crippen molar-refractivity contribution in [1.29, 1.82) is 0 Å². The maximum atomic E-state index is 13.7. The number of alkyl halides is 2. The Morgan fingerprint density at radius 3 is 2.66 bits per heavy atom. The van der Waals surface area contributed by atoms with Crippen LogP contribution in [0.15, 0.2) is 36.5 Å². The molecule has 10 nitrogen and oxygen atoms in total. The fourth-order valence-corrected chi connectivity index (χ4v) is 5.28. The number of ether oxygens (including phenoxy) is 2. The van der Waals surface area contributed by atoms with Crippen molar-refractivity contribution in [3.8, 4) is 11.6 Å². The van der Waals surface area contributed by atoms with Gasteiger partial charge >= 0.3 is 6.55 Å². The van der Waals surface area contributed by atoms with Gasteiger partial charge in [0.05, 0.1) is 11.1 Å². The SMILES string of the molecule is CC(C)(O)COc1ccc2c(C(=O)NC3CC4(C3)CC(Oc3ncccc3C(N)=O)C4)nn(C(F)F)c2c1. The Morgan fingerprint density at radius 1 is 1.26 bits per heavy atom. The predicted octanol–water partition coefficient (Wildman–Crippen LogP) is 3.20. The zero-order chi connectivity index (χ0) is 27.2. The molecule has 4 N–H and O–H groups in total. The Hall–Kier alpha value is -3.80. The van der Waals surface area contributed by atoms with Gasteiger partial charge in [0.25, 0.3) is 11.8 Å². The molecule has 0 atom stereocenters. The highest BCUT2D eigenvalue weighted by molar-refractivity contribution is 6.05. The first-order chi connectivity index (χ1) is 17.9. The number of pyridine rings is 1. The molecule has 1 aromatic carbocycles. The highest BCUT2D eigenvalue weighted by Crippen LogP contribution is 2.56. The van der Waals surface area contributed by atoms with Crippen LogP contribution in [0.4, 0.5) is 8.78 Å². The summed E-state index contributed by atoms with van der Waals surface area (Å²) in [5.74, 6) is -0.622. The zero-order valence-electron chi connectivity index (χ0n) is 21.0. The molecule has 0 bridgehead atoms. The van der Waals surface area contributed by atoms with Crippen molar-refractivity contribution in [2.45, 2.75) is 63.8 Å². The van der Waals surface area contributed by atoms with Crippen molar-refractivity contribution < 1.29 is 33.0 Å². The van der Waals surface area contributed by atoms with Crippen LogP contribution in [0, 0.1) is 5.41 Å². The average Bonchev–Trinajstić information content (AvgIpc) is 3.19. The maximum Gasteiger partial charge on any atom is 0.333 e. The minimum Gasteiger partial charge on any atom is -0.491 e. The number of nitrogens with one attached hydrogen (secondary N) is 1. The topological polar surface area (TPSA) is 142 Å². The molecule has 38 heavy (non-hydrogen) atoms. The summed E-state index contributed by atoms with van der Waals surface area (Å²) in [6.45, 7) is 0.160. The van der Waals surface area contributed by atoms with Gasteiger partial charge in [-0.05, 0) is 69.2 Å². The van der Waals surface area contributed by atoms with Crippen LogP contribution in [0.25, 0.3) is 10.9 Å². The number of halogens is 2. The molecule has 0 radical (unpaired) electrons. The van der Waals surface area contributed by atoms with Gasteiger partial charge in [-0.15, -0.1) is 0 Å². The highest BCUT2D eigenvalue weighted by atomic mass is 19.3. The molecular weight excluding hydrogens is 500 g/mol. The summed E-state index contributed by atoms with van der Waals surface area (Å²) in [6, 6.07) is 7.53. The van der Waals surface area contributed by atoms with Gasteiger partial charge in [-0.2, -0.15) is 13.9 Å². The molecule has 2 fully saturated rings. The Kier molecular flexibility index (Phi) is 6.46. The van der Waals surface area contributed by atoms with E-state index < -0.39 is 24.0 Å². The smallest absolute Gasteiger partial charge is 0.333 e. The molecule has 202 valence electrons. The number of primary amides is 1. The fraction of sp³-hybridized carbons (Fsp3) is 0.462. The Morgan fingerprint density at radius 2 is 2.00 bits per heavy atom. The summed E-state index contributed by atoms with van der Waals surface area (Å²) in [6.07, 6.45) is 4.40. The Balaban J connectivity index is 1.20. The minimum atomic E-state index is -2.95. The van der Waals surface area contributed by atoms with E-state index in [2.05, 4.69) is 15.4 Å². The van der Waals surface area contributed by atoms with Crippen LogP contribution < -0.4 is 20.5 Å². The summed E-state index contributed by atoms with van der Waals surface area (Å²) < 4.78 is 39.2. The van der Waals surface area contributed by atoms with Crippen LogP contribution in [-0.2, 0) is 0 Å². The first-order valence-corrected chi connectivity index (χ1v) is 12.3. The maximum absolute atomic E-state index is 13.7. The van der Waals surface area contributed by atoms with E-state index in [1.54, 1.807) is 32.0 Å². The van der Waals surface area contributed by atoms with Crippen molar-refractivity contribution in [3.63, 3.8) is 0 Å². The Bertz CT molecular complexity index is 1370. The molecule has 1 spiro atoms. The number of nitrogens with zero attached hydrogens (tertiary/aromatic N) is 3. The van der Waals surface area contributed by atoms with Crippen LogP contribution in [0.1, 0.15) is 66.9 Å². The van der Waals surface area contributed by atoms with Crippen LogP contribution in [0.2, 0.25) is 0 Å². The number of carbonyl (C=O) groups excluding carboxylic acids is 2. The lowest BCUT2D eigenvalue weighted by Crippen LogP contribution is -2.58. The first kappa shape index (κ1) is 25.8. The third-order valence-corrected chi connectivity index (χ3v) is 7.00. The van der Waals surface area contributed by atoms with Crippen LogP contribution in [0.3, 0.4) is 0 Å². The molecule has 2 aliphatic rings. The summed E-state index contributed by atoms with van der Waals surface area (Å²) in [5, 5.41) is 16.9. The second-order valence-electron chi connectivity index (χ2n) is 10.8. The lowest BCUT2D eigenvalue weighted by Gasteiger charge is -2.57. The number of rotatable bonds is 9. The largest absolute Gasteiger partial charge is 0.491 e. The second kappa shape index (κ2) is 9.50. The predicted molar refractivity (Wildman–Crippen MR) is 132 cm³/mol. The number of aromatic nitrogens is 3. The van der Waals surface area contributed by atoms with Gasteiger partial charge in [0.1, 0.15) is 24.0 Å². The molecule has 3 aromatic rings. The van der Waals surface area contributed by atoms with Gasteiger partial charge in [-0.25, -0.2) is 9.67 Å². The normalized spacial score (nSPS) is 22.7. The molecule has 0 unspecified atom stereocenters. The minimum absolute atomic E-state index is 0.0292. The van der Waals surface area contributed by atoms with Gasteiger partial charge in [-0.3, -0.25) is 9.59 Å². The van der Waals surface area contributed by atoms with Gasteiger partial charge < -0.3 is 25.6 Å². The lowest BCUT2D eigenvalue weighted by molar-refractivity contribution is -0.0848. The third-order valence-electron chi connectivity index (χ3n) is 7.00. The quantitative estimate of drug-likeness (QED) is 0.386. The van der Waals surface area contributed by atoms with Crippen LogP contribution in [-0.4, -0.2) is 56.0 Å². The number of hydrogen-bond donors (Lipinski definition) is 3. The summed E-state index contributed by atoms with van der Waals surface area (Å²) in [5.41, 5.74) is 4.52. The number of carbonyl (C=O) groups is 2. The molecule has 0 saturated heterocycles. The number of nitrogens with two attached hydrogens (primary N) is 1. The van der Waals surface area contributed by atoms with E-state index in [1.165, 1.54) is 18.3 Å². The second-order valence-corrected chi connectivity index (χ2v) is 10.8. The summed E-state index contributed by atoms with van der Waals surface area (Å²) in [4.78, 5) is 28.7. The van der Waals surface area contributed by atoms with E-state index >= 15 is 0 Å². The van der Waals surface area contributed by atoms with Crippen molar-refractivity contribution in [2.24, 2.45) is 11.1 Å². The average molecular weight is 530 g/mol. The number of hydrogen-bond acceptors (Lipinski definition) is 7. The van der Waals surface area contributed by atoms with E-state index in [1.807, 2.05) is 0 Å². The van der Waals surface area contributed by atoms with Gasteiger partial charge in [0, 0.05) is 23.7 Å². The third kappa shape index (κ3) is 5.13. The number of aliphatic hydroxyl groups is 1. The fourth-order valence-electron chi connectivity index (χ4n) is 5.28. The van der Waals surface area contributed by atoms with Gasteiger partial charge in [0.15, 0.2) is 5.69 Å². The number of fused-ring (bicyclic) bond motifs is 1. The number of benzene rings is 1. The van der Waals surface area contributed by atoms with Crippen molar-refractivity contribution in [2.75, 3.05) is 6.61 Å². The van der Waals surface area contributed by atoms with Gasteiger partial charge in [-0.1, -0.05) is 0 Å². The van der Waals surface area contributed by atoms with E-state index in [-0.39, 0.29) is 58.0 Å². The number of amides is 2. The molecule has 2 aliphatic carbocycles. The molecule has 2 aromatic heterocycles. The first-order valence-electron chi connectivity index (χ1n) is 12.3. The van der Waals surface area contributed by atoms with Gasteiger partial charge in [0.2, 0.25) is 5.88 Å². The van der Waals surface area contributed by atoms with Crippen molar-refractivity contribution >= 4 is 22.7 Å². The summed E-state index contributed by atoms with van der Waals surface area (Å²) in [7, 11) is 0. The van der Waals surface area contributed by atoms with Crippen molar-refractivity contribution in [3.05, 3.63) is 47.8 Å². The summed E-state index contributed by atoms with van der Waals surface area (Å²) >= 11 is 0.